The van der Waals surface area contributed by atoms with Crippen LogP contribution in [0.1, 0.15) is 50.0 Å². The highest BCUT2D eigenvalue weighted by molar-refractivity contribution is 6.37. The second-order valence-electron chi connectivity index (χ2n) is 11.6. The molecular formula is C37H52N6O6. The smallest absolute Gasteiger partial charge is 0.289 e. The summed E-state index contributed by atoms with van der Waals surface area (Å²) in [4.78, 5) is 70.8. The molecular weight excluding hydrogens is 624 g/mol. The molecule has 0 aromatic heterocycles. The normalized spacial score (nSPS) is 12.0. The first kappa shape index (κ1) is 41.9. The summed E-state index contributed by atoms with van der Waals surface area (Å²) in [6, 6.07) is 23.7. The molecule has 4 N–H and O–H groups in total. The van der Waals surface area contributed by atoms with Crippen molar-refractivity contribution in [2.24, 2.45) is 0 Å². The third-order valence-corrected chi connectivity index (χ3v) is 6.76. The number of carbonyl (C=O) groups is 6. The molecule has 3 aromatic rings. The van der Waals surface area contributed by atoms with Gasteiger partial charge < -0.3 is 31.1 Å². The predicted octanol–water partition coefficient (Wildman–Crippen LogP) is 2.70. The maximum Gasteiger partial charge on any atom is 0.289 e. The molecule has 12 nitrogen and oxygen atoms in total. The third-order valence-electron chi connectivity index (χ3n) is 6.76. The topological polar surface area (TPSA) is 157 Å². The van der Waals surface area contributed by atoms with Crippen molar-refractivity contribution in [1.29, 1.82) is 0 Å². The van der Waals surface area contributed by atoms with Crippen LogP contribution >= 0.6 is 0 Å². The number of ketones is 1. The number of rotatable bonds is 10. The first-order valence-electron chi connectivity index (χ1n) is 16.4. The van der Waals surface area contributed by atoms with E-state index in [9.17, 15) is 28.8 Å². The minimum absolute atomic E-state index is 0.00586. The van der Waals surface area contributed by atoms with E-state index >= 15 is 0 Å². The number of hydrogen-bond acceptors (Lipinski definition) is 7. The van der Waals surface area contributed by atoms with Crippen LogP contribution in [0.4, 0.5) is 0 Å². The number of fused-ring (bicyclic) bond motifs is 1. The fraction of sp³-hybridized carbons (Fsp3) is 0.405. The highest BCUT2D eigenvalue weighted by Crippen LogP contribution is 2.16. The summed E-state index contributed by atoms with van der Waals surface area (Å²) in [5.74, 6) is -2.27. The summed E-state index contributed by atoms with van der Waals surface area (Å²) < 4.78 is 0. The molecule has 0 saturated carbocycles. The quantitative estimate of drug-likeness (QED) is 0.190. The van der Waals surface area contributed by atoms with Crippen molar-refractivity contribution in [3.8, 4) is 0 Å². The highest BCUT2D eigenvalue weighted by Gasteiger charge is 2.20. The molecule has 266 valence electrons. The minimum Gasteiger partial charge on any atom is -0.352 e. The van der Waals surface area contributed by atoms with E-state index in [1.54, 1.807) is 29.2 Å². The first-order valence-corrected chi connectivity index (χ1v) is 16.4. The van der Waals surface area contributed by atoms with Gasteiger partial charge in [0.2, 0.25) is 24.0 Å². The Balaban J connectivity index is 0.000000362. The van der Waals surface area contributed by atoms with Crippen LogP contribution in [-0.4, -0.2) is 105 Å². The molecule has 0 aliphatic carbocycles. The molecule has 0 spiro atoms. The molecule has 1 aliphatic heterocycles. The molecule has 49 heavy (non-hydrogen) atoms. The Hall–Kier alpha value is -5.10. The Morgan fingerprint density at radius 3 is 1.96 bits per heavy atom. The molecule has 1 heterocycles. The number of nitrogens with zero attached hydrogens (tertiary/aromatic N) is 2. The van der Waals surface area contributed by atoms with Crippen molar-refractivity contribution in [3.63, 3.8) is 0 Å². The van der Waals surface area contributed by atoms with E-state index in [4.69, 9.17) is 0 Å². The molecule has 4 rings (SSSR count). The van der Waals surface area contributed by atoms with Gasteiger partial charge in [-0.25, -0.2) is 0 Å². The van der Waals surface area contributed by atoms with Crippen LogP contribution in [0.25, 0.3) is 10.8 Å². The zero-order valence-corrected chi connectivity index (χ0v) is 29.6. The predicted molar refractivity (Wildman–Crippen MR) is 193 cm³/mol. The number of aryl methyl sites for hydroxylation is 1. The zero-order chi connectivity index (χ0) is 36.6. The van der Waals surface area contributed by atoms with Gasteiger partial charge in [0.15, 0.2) is 0 Å². The molecule has 3 aromatic carbocycles. The zero-order valence-electron chi connectivity index (χ0n) is 29.6. The van der Waals surface area contributed by atoms with Gasteiger partial charge in [0.1, 0.15) is 0 Å². The molecule has 1 fully saturated rings. The third kappa shape index (κ3) is 17.6. The van der Waals surface area contributed by atoms with Crippen molar-refractivity contribution in [2.45, 2.75) is 47.1 Å². The van der Waals surface area contributed by atoms with E-state index in [0.717, 1.165) is 13.1 Å². The first-order chi connectivity index (χ1) is 23.4. The SMILES string of the molecule is CC(C)NC(=O)CNC(=O)c1ccccc1.CCC.CN1CCN(C(=O)CNC(=O)C(=O)CNC=O)CC1.Cc1cccc2ccccc12. The Morgan fingerprint density at radius 1 is 0.776 bits per heavy atom. The van der Waals surface area contributed by atoms with Crippen LogP contribution in [0.5, 0.6) is 0 Å². The lowest BCUT2D eigenvalue weighted by molar-refractivity contribution is -0.139. The lowest BCUT2D eigenvalue weighted by atomic mass is 10.1. The van der Waals surface area contributed by atoms with Crippen molar-refractivity contribution in [3.05, 3.63) is 83.9 Å². The monoisotopic (exact) mass is 676 g/mol. The van der Waals surface area contributed by atoms with Gasteiger partial charge in [0, 0.05) is 37.8 Å². The van der Waals surface area contributed by atoms with Gasteiger partial charge in [0.05, 0.1) is 19.6 Å². The number of Topliss-reactive ketones (excluding diaryl/α,β-unsaturated/α-hetero) is 1. The van der Waals surface area contributed by atoms with Crippen molar-refractivity contribution in [2.75, 3.05) is 52.9 Å². The Bertz CT molecular complexity index is 1470. The second-order valence-corrected chi connectivity index (χ2v) is 11.6. The fourth-order valence-electron chi connectivity index (χ4n) is 4.25. The molecule has 1 saturated heterocycles. The number of hydrogen-bond donors (Lipinski definition) is 4. The summed E-state index contributed by atoms with van der Waals surface area (Å²) in [5.41, 5.74) is 1.91. The Morgan fingerprint density at radius 2 is 1.37 bits per heavy atom. The summed E-state index contributed by atoms with van der Waals surface area (Å²) >= 11 is 0. The number of benzene rings is 3. The number of nitrogens with one attached hydrogen (secondary N) is 4. The van der Waals surface area contributed by atoms with Gasteiger partial charge in [-0.15, -0.1) is 0 Å². The van der Waals surface area contributed by atoms with Crippen LogP contribution in [-0.2, 0) is 24.0 Å². The van der Waals surface area contributed by atoms with Crippen LogP contribution in [0.2, 0.25) is 0 Å². The Kier molecular flexibility index (Phi) is 20.6. The van der Waals surface area contributed by atoms with E-state index in [-0.39, 0.29) is 43.4 Å². The van der Waals surface area contributed by atoms with Crippen LogP contribution < -0.4 is 21.3 Å². The maximum atomic E-state index is 11.8. The summed E-state index contributed by atoms with van der Waals surface area (Å²) in [6.07, 6.45) is 1.58. The van der Waals surface area contributed by atoms with E-state index in [2.05, 4.69) is 89.4 Å². The number of piperazine rings is 1. The number of likely N-dealkylation sites (N-methyl/N-ethyl adjacent to an activating group) is 1. The minimum atomic E-state index is -0.864. The fourth-order valence-corrected chi connectivity index (χ4v) is 4.25. The summed E-state index contributed by atoms with van der Waals surface area (Å²) in [7, 11) is 1.97. The Labute approximate surface area is 290 Å². The van der Waals surface area contributed by atoms with Gasteiger partial charge in [0.25, 0.3) is 11.8 Å². The van der Waals surface area contributed by atoms with Crippen molar-refractivity contribution in [1.82, 2.24) is 31.1 Å². The van der Waals surface area contributed by atoms with Gasteiger partial charge >= 0.3 is 0 Å². The van der Waals surface area contributed by atoms with Crippen LogP contribution in [0.3, 0.4) is 0 Å². The largest absolute Gasteiger partial charge is 0.352 e. The lowest BCUT2D eigenvalue weighted by Crippen LogP contribution is -2.50. The van der Waals surface area contributed by atoms with Gasteiger partial charge in [-0.05, 0) is 56.3 Å². The molecule has 0 bridgehead atoms. The van der Waals surface area contributed by atoms with E-state index in [0.29, 0.717) is 25.1 Å². The molecule has 0 unspecified atom stereocenters. The second kappa shape index (κ2) is 24.1. The highest BCUT2D eigenvalue weighted by atomic mass is 16.2. The molecule has 12 heteroatoms. The van der Waals surface area contributed by atoms with Gasteiger partial charge in [-0.2, -0.15) is 0 Å². The van der Waals surface area contributed by atoms with E-state index in [1.165, 1.54) is 22.8 Å². The maximum absolute atomic E-state index is 11.8. The van der Waals surface area contributed by atoms with Gasteiger partial charge in [-0.1, -0.05) is 80.9 Å². The summed E-state index contributed by atoms with van der Waals surface area (Å²) in [5, 5.41) is 12.3. The van der Waals surface area contributed by atoms with Crippen molar-refractivity contribution >= 4 is 46.6 Å². The molecule has 0 atom stereocenters. The van der Waals surface area contributed by atoms with Crippen LogP contribution in [0, 0.1) is 6.92 Å². The van der Waals surface area contributed by atoms with Crippen LogP contribution in [0.15, 0.2) is 72.8 Å². The number of carbonyl (C=O) groups excluding carboxylic acids is 6. The van der Waals surface area contributed by atoms with Gasteiger partial charge in [-0.3, -0.25) is 28.8 Å². The molecule has 0 radical (unpaired) electrons. The summed E-state index contributed by atoms with van der Waals surface area (Å²) in [6.45, 7) is 12.4. The number of amides is 5. The lowest BCUT2D eigenvalue weighted by Gasteiger charge is -2.32. The average molecular weight is 677 g/mol. The molecule has 5 amide bonds. The van der Waals surface area contributed by atoms with Crippen molar-refractivity contribution < 1.29 is 28.8 Å². The average Bonchev–Trinajstić information content (AvgIpc) is 3.10. The standard InChI is InChI=1S/C12H16N2O2.C11H18N4O4.C11H10.C3H8/c1-9(2)14-11(15)8-13-12(16)10-6-4-3-5-7-10;1-14-2-4-15(5-3-14)10(18)7-13-11(19)9(17)6-12-8-16;1-9-5-4-7-10-6-2-3-8-11(9)10;1-3-2/h3-7,9H,8H2,1-2H3,(H,13,16)(H,14,15);8H,2-7H2,1H3,(H,12,16)(H,13,19);2-8H,1H3;3H2,1-2H3. The van der Waals surface area contributed by atoms with E-state index < -0.39 is 11.7 Å². The van der Waals surface area contributed by atoms with E-state index in [1.807, 2.05) is 27.0 Å². The molecule has 1 aliphatic rings.